The van der Waals surface area contributed by atoms with Crippen molar-refractivity contribution < 1.29 is 9.32 Å². The van der Waals surface area contributed by atoms with Gasteiger partial charge in [0, 0.05) is 34.3 Å². The van der Waals surface area contributed by atoms with Crippen LogP contribution in [0.25, 0.3) is 11.4 Å². The molecule has 8 heteroatoms. The number of nitrogens with one attached hydrogen (secondary N) is 1. The molecule has 2 heterocycles. The standard InChI is InChI=1S/C21H21ClN4O2S/c1-29-18-10-8-17(9-11-18)23-21(27)26-12-2-3-15(13-26)20-24-19(25-28-20)14-4-6-16(22)7-5-14/h4-11,15H,2-3,12-13H2,1H3,(H,23,27). The second-order valence-electron chi connectivity index (χ2n) is 6.91. The monoisotopic (exact) mass is 428 g/mol. The average Bonchev–Trinajstić information content (AvgIpc) is 3.25. The third-order valence-corrected chi connectivity index (χ3v) is 5.94. The van der Waals surface area contributed by atoms with Crippen LogP contribution in [-0.4, -0.2) is 40.4 Å². The van der Waals surface area contributed by atoms with E-state index in [-0.39, 0.29) is 11.9 Å². The second-order valence-corrected chi connectivity index (χ2v) is 8.22. The van der Waals surface area contributed by atoms with Crippen molar-refractivity contribution in [1.29, 1.82) is 0 Å². The molecule has 1 aromatic heterocycles. The summed E-state index contributed by atoms with van der Waals surface area (Å²) in [6.07, 6.45) is 3.83. The molecule has 0 bridgehead atoms. The number of aromatic nitrogens is 2. The molecular weight excluding hydrogens is 408 g/mol. The van der Waals surface area contributed by atoms with E-state index in [2.05, 4.69) is 15.5 Å². The Kier molecular flexibility index (Phi) is 6.06. The maximum absolute atomic E-state index is 12.7. The highest BCUT2D eigenvalue weighted by atomic mass is 35.5. The fraction of sp³-hybridized carbons (Fsp3) is 0.286. The first-order chi connectivity index (χ1) is 14.1. The van der Waals surface area contributed by atoms with E-state index in [1.165, 1.54) is 0 Å². The Balaban J connectivity index is 1.41. The molecule has 150 valence electrons. The number of likely N-dealkylation sites (tertiary alicyclic amines) is 1. The summed E-state index contributed by atoms with van der Waals surface area (Å²) in [5.74, 6) is 1.13. The third-order valence-electron chi connectivity index (χ3n) is 4.94. The predicted molar refractivity (Wildman–Crippen MR) is 116 cm³/mol. The lowest BCUT2D eigenvalue weighted by Gasteiger charge is -2.31. The SMILES string of the molecule is CSc1ccc(NC(=O)N2CCCC(c3nc(-c4ccc(Cl)cc4)no3)C2)cc1. The van der Waals surface area contributed by atoms with Crippen LogP contribution in [-0.2, 0) is 0 Å². The van der Waals surface area contributed by atoms with E-state index in [9.17, 15) is 4.79 Å². The van der Waals surface area contributed by atoms with Gasteiger partial charge in [-0.05, 0) is 67.6 Å². The van der Waals surface area contributed by atoms with Crippen LogP contribution in [0.2, 0.25) is 5.02 Å². The van der Waals surface area contributed by atoms with Gasteiger partial charge in [-0.1, -0.05) is 16.8 Å². The number of benzene rings is 2. The van der Waals surface area contributed by atoms with Gasteiger partial charge in [0.05, 0.1) is 5.92 Å². The van der Waals surface area contributed by atoms with Crippen molar-refractivity contribution in [3.05, 3.63) is 59.4 Å². The molecule has 1 unspecified atom stereocenters. The first-order valence-electron chi connectivity index (χ1n) is 9.42. The van der Waals surface area contributed by atoms with Crippen LogP contribution < -0.4 is 5.32 Å². The van der Waals surface area contributed by atoms with E-state index in [0.717, 1.165) is 29.0 Å². The predicted octanol–water partition coefficient (Wildman–Crippen LogP) is 5.52. The van der Waals surface area contributed by atoms with Crippen LogP contribution >= 0.6 is 23.4 Å². The van der Waals surface area contributed by atoms with Gasteiger partial charge in [0.2, 0.25) is 11.7 Å². The van der Waals surface area contributed by atoms with E-state index in [1.54, 1.807) is 23.9 Å². The van der Waals surface area contributed by atoms with Crippen molar-refractivity contribution in [2.45, 2.75) is 23.7 Å². The fourth-order valence-corrected chi connectivity index (χ4v) is 3.89. The van der Waals surface area contributed by atoms with Crippen molar-refractivity contribution in [3.63, 3.8) is 0 Å². The maximum atomic E-state index is 12.7. The molecular formula is C21H21ClN4O2S. The lowest BCUT2D eigenvalue weighted by Crippen LogP contribution is -2.41. The number of hydrogen-bond donors (Lipinski definition) is 1. The number of nitrogens with zero attached hydrogens (tertiary/aromatic N) is 3. The summed E-state index contributed by atoms with van der Waals surface area (Å²) in [5.41, 5.74) is 1.64. The number of rotatable bonds is 4. The highest BCUT2D eigenvalue weighted by Gasteiger charge is 2.28. The number of carbonyl (C=O) groups excluding carboxylic acids is 1. The van der Waals surface area contributed by atoms with Gasteiger partial charge in [0.15, 0.2) is 0 Å². The molecule has 1 atom stereocenters. The average molecular weight is 429 g/mol. The molecule has 2 aromatic carbocycles. The number of halogens is 1. The molecule has 2 amide bonds. The summed E-state index contributed by atoms with van der Waals surface area (Å²) in [6, 6.07) is 15.0. The number of carbonyl (C=O) groups is 1. The Morgan fingerprint density at radius 1 is 1.21 bits per heavy atom. The normalized spacial score (nSPS) is 16.6. The van der Waals surface area contributed by atoms with Gasteiger partial charge in [-0.25, -0.2) is 4.79 Å². The van der Waals surface area contributed by atoms with E-state index in [4.69, 9.17) is 16.1 Å². The Hall–Kier alpha value is -2.51. The Morgan fingerprint density at radius 3 is 2.69 bits per heavy atom. The van der Waals surface area contributed by atoms with Crippen molar-refractivity contribution in [1.82, 2.24) is 15.0 Å². The number of piperidine rings is 1. The smallest absolute Gasteiger partial charge is 0.321 e. The highest BCUT2D eigenvalue weighted by molar-refractivity contribution is 7.98. The number of hydrogen-bond acceptors (Lipinski definition) is 5. The fourth-order valence-electron chi connectivity index (χ4n) is 3.36. The lowest BCUT2D eigenvalue weighted by atomic mass is 9.98. The van der Waals surface area contributed by atoms with Crippen LogP contribution in [0.4, 0.5) is 10.5 Å². The Labute approximate surface area is 178 Å². The van der Waals surface area contributed by atoms with Crippen molar-refractivity contribution in [2.75, 3.05) is 24.7 Å². The summed E-state index contributed by atoms with van der Waals surface area (Å²) in [6.45, 7) is 1.26. The largest absolute Gasteiger partial charge is 0.339 e. The molecule has 1 aliphatic heterocycles. The highest BCUT2D eigenvalue weighted by Crippen LogP contribution is 2.28. The van der Waals surface area contributed by atoms with Crippen LogP contribution in [0.5, 0.6) is 0 Å². The van der Waals surface area contributed by atoms with Gasteiger partial charge in [0.25, 0.3) is 0 Å². The molecule has 0 saturated carbocycles. The summed E-state index contributed by atoms with van der Waals surface area (Å²) in [7, 11) is 0. The molecule has 0 radical (unpaired) electrons. The topological polar surface area (TPSA) is 71.3 Å². The van der Waals surface area contributed by atoms with Crippen LogP contribution in [0, 0.1) is 0 Å². The van der Waals surface area contributed by atoms with E-state index < -0.39 is 0 Å². The summed E-state index contributed by atoms with van der Waals surface area (Å²) >= 11 is 7.61. The molecule has 1 fully saturated rings. The summed E-state index contributed by atoms with van der Waals surface area (Å²) < 4.78 is 5.51. The molecule has 0 aliphatic carbocycles. The number of thioether (sulfide) groups is 1. The molecule has 3 aromatic rings. The molecule has 29 heavy (non-hydrogen) atoms. The minimum atomic E-state index is -0.107. The van der Waals surface area contributed by atoms with Gasteiger partial charge in [0.1, 0.15) is 0 Å². The first kappa shape index (κ1) is 19.8. The zero-order valence-electron chi connectivity index (χ0n) is 16.0. The zero-order chi connectivity index (χ0) is 20.2. The first-order valence-corrected chi connectivity index (χ1v) is 11.0. The number of urea groups is 1. The van der Waals surface area contributed by atoms with Gasteiger partial charge in [-0.15, -0.1) is 11.8 Å². The van der Waals surface area contributed by atoms with Gasteiger partial charge < -0.3 is 14.7 Å². The molecule has 0 spiro atoms. The van der Waals surface area contributed by atoms with E-state index >= 15 is 0 Å². The van der Waals surface area contributed by atoms with Crippen molar-refractivity contribution in [2.24, 2.45) is 0 Å². The van der Waals surface area contributed by atoms with Crippen molar-refractivity contribution >= 4 is 35.1 Å². The Bertz CT molecular complexity index is 975. The van der Waals surface area contributed by atoms with Crippen LogP contribution in [0.15, 0.2) is 57.9 Å². The van der Waals surface area contributed by atoms with Crippen LogP contribution in [0.3, 0.4) is 0 Å². The Morgan fingerprint density at radius 2 is 1.97 bits per heavy atom. The maximum Gasteiger partial charge on any atom is 0.321 e. The summed E-state index contributed by atoms with van der Waals surface area (Å²) in [4.78, 5) is 20.2. The van der Waals surface area contributed by atoms with Gasteiger partial charge >= 0.3 is 6.03 Å². The molecule has 6 nitrogen and oxygen atoms in total. The lowest BCUT2D eigenvalue weighted by molar-refractivity contribution is 0.184. The van der Waals surface area contributed by atoms with Crippen molar-refractivity contribution in [3.8, 4) is 11.4 Å². The van der Waals surface area contributed by atoms with E-state index in [1.807, 2.05) is 47.6 Å². The summed E-state index contributed by atoms with van der Waals surface area (Å²) in [5, 5.41) is 7.73. The minimum Gasteiger partial charge on any atom is -0.339 e. The number of amides is 2. The quantitative estimate of drug-likeness (QED) is 0.553. The van der Waals surface area contributed by atoms with Gasteiger partial charge in [-0.2, -0.15) is 4.98 Å². The molecule has 4 rings (SSSR count). The molecule has 1 aliphatic rings. The van der Waals surface area contributed by atoms with Gasteiger partial charge in [-0.3, -0.25) is 0 Å². The van der Waals surface area contributed by atoms with E-state index in [0.29, 0.717) is 29.8 Å². The molecule has 1 saturated heterocycles. The van der Waals surface area contributed by atoms with Crippen LogP contribution in [0.1, 0.15) is 24.7 Å². The third kappa shape index (κ3) is 4.74. The zero-order valence-corrected chi connectivity index (χ0v) is 17.5. The second kappa shape index (κ2) is 8.88. The molecule has 1 N–H and O–H groups in total. The number of anilines is 1. The minimum absolute atomic E-state index is 0.0296.